The minimum absolute atomic E-state index is 0.178. The Balaban J connectivity index is 1.44. The van der Waals surface area contributed by atoms with Gasteiger partial charge >= 0.3 is 5.97 Å². The van der Waals surface area contributed by atoms with Crippen LogP contribution in [0.4, 0.5) is 5.82 Å². The molecule has 0 spiro atoms. The van der Waals surface area contributed by atoms with E-state index in [0.717, 1.165) is 16.9 Å². The van der Waals surface area contributed by atoms with Gasteiger partial charge in [-0.15, -0.1) is 11.3 Å². The minimum Gasteiger partial charge on any atom is -0.477 e. The molecule has 0 unspecified atom stereocenters. The van der Waals surface area contributed by atoms with E-state index < -0.39 is 5.97 Å². The monoisotopic (exact) mass is 439 g/mol. The fourth-order valence-corrected chi connectivity index (χ4v) is 3.74. The van der Waals surface area contributed by atoms with Crippen LogP contribution in [0.5, 0.6) is 11.5 Å². The SMILES string of the molecule is O=C(Cc1ccc(Oc2ccnc3cc(C(=O)O)sc23)cc1)Nc1ccc(Cl)cn1. The van der Waals surface area contributed by atoms with E-state index in [9.17, 15) is 14.7 Å². The molecule has 0 aliphatic carbocycles. The molecule has 0 fully saturated rings. The lowest BCUT2D eigenvalue weighted by atomic mass is 10.1. The number of anilines is 1. The number of fused-ring (bicyclic) bond motifs is 1. The van der Waals surface area contributed by atoms with E-state index in [2.05, 4.69) is 15.3 Å². The number of nitrogens with zero attached hydrogens (tertiary/aromatic N) is 2. The fourth-order valence-electron chi connectivity index (χ4n) is 2.73. The second-order valence-corrected chi connectivity index (χ2v) is 7.76. The number of carbonyl (C=O) groups excluding carboxylic acids is 1. The van der Waals surface area contributed by atoms with E-state index in [0.29, 0.717) is 32.6 Å². The van der Waals surface area contributed by atoms with Gasteiger partial charge in [0.25, 0.3) is 0 Å². The van der Waals surface area contributed by atoms with Crippen LogP contribution in [0.1, 0.15) is 15.2 Å². The molecule has 4 rings (SSSR count). The standard InChI is InChI=1S/C21H14ClN3O4S/c22-13-3-6-18(24-11-13)25-19(26)9-12-1-4-14(5-2-12)29-16-7-8-23-15-10-17(21(27)28)30-20(15)16/h1-8,10-11H,9H2,(H,27,28)(H,24,25,26). The van der Waals surface area contributed by atoms with E-state index in [1.54, 1.807) is 48.7 Å². The molecule has 9 heteroatoms. The summed E-state index contributed by atoms with van der Waals surface area (Å²) in [5.74, 6) is 0.324. The summed E-state index contributed by atoms with van der Waals surface area (Å²) in [6, 6.07) is 13.6. The zero-order chi connectivity index (χ0) is 21.1. The topological polar surface area (TPSA) is 101 Å². The average molecular weight is 440 g/mol. The van der Waals surface area contributed by atoms with Gasteiger partial charge in [-0.05, 0) is 35.9 Å². The quantitative estimate of drug-likeness (QED) is 0.437. The van der Waals surface area contributed by atoms with Crippen molar-refractivity contribution in [3.8, 4) is 11.5 Å². The van der Waals surface area contributed by atoms with Crippen molar-refractivity contribution >= 4 is 50.8 Å². The highest BCUT2D eigenvalue weighted by Gasteiger charge is 2.13. The van der Waals surface area contributed by atoms with Gasteiger partial charge in [0.15, 0.2) is 0 Å². The van der Waals surface area contributed by atoms with E-state index in [1.807, 2.05) is 0 Å². The molecule has 0 saturated heterocycles. The first kappa shape index (κ1) is 19.8. The lowest BCUT2D eigenvalue weighted by molar-refractivity contribution is -0.115. The van der Waals surface area contributed by atoms with Gasteiger partial charge in [-0.3, -0.25) is 9.78 Å². The number of aromatic nitrogens is 2. The van der Waals surface area contributed by atoms with Crippen LogP contribution in [0.25, 0.3) is 10.2 Å². The summed E-state index contributed by atoms with van der Waals surface area (Å²) < 4.78 is 6.57. The Morgan fingerprint density at radius 2 is 1.90 bits per heavy atom. The molecule has 0 atom stereocenters. The Labute approximate surface area is 179 Å². The average Bonchev–Trinajstić information content (AvgIpc) is 3.17. The van der Waals surface area contributed by atoms with Gasteiger partial charge in [0, 0.05) is 18.5 Å². The molecule has 3 aromatic heterocycles. The molecule has 1 aromatic carbocycles. The van der Waals surface area contributed by atoms with Gasteiger partial charge in [0.1, 0.15) is 22.2 Å². The molecule has 0 aliphatic rings. The highest BCUT2D eigenvalue weighted by atomic mass is 35.5. The number of hydrogen-bond donors (Lipinski definition) is 2. The number of carbonyl (C=O) groups is 2. The zero-order valence-electron chi connectivity index (χ0n) is 15.3. The fraction of sp³-hybridized carbons (Fsp3) is 0.0476. The van der Waals surface area contributed by atoms with Crippen molar-refractivity contribution in [3.63, 3.8) is 0 Å². The van der Waals surface area contributed by atoms with Gasteiger partial charge in [-0.1, -0.05) is 23.7 Å². The molecular formula is C21H14ClN3O4S. The van der Waals surface area contributed by atoms with Gasteiger partial charge in [0.05, 0.1) is 21.7 Å². The molecule has 150 valence electrons. The predicted octanol–water partition coefficient (Wildman–Crippen LogP) is 5.02. The van der Waals surface area contributed by atoms with Gasteiger partial charge in [0.2, 0.25) is 5.91 Å². The number of aromatic carboxylic acids is 1. The third-order valence-electron chi connectivity index (χ3n) is 4.10. The number of amides is 1. The maximum Gasteiger partial charge on any atom is 0.345 e. The van der Waals surface area contributed by atoms with Crippen LogP contribution in [-0.4, -0.2) is 27.0 Å². The summed E-state index contributed by atoms with van der Waals surface area (Å²) >= 11 is 6.89. The van der Waals surface area contributed by atoms with Crippen molar-refractivity contribution in [2.75, 3.05) is 5.32 Å². The van der Waals surface area contributed by atoms with Crippen LogP contribution in [0.15, 0.2) is 60.9 Å². The maximum atomic E-state index is 12.2. The number of pyridine rings is 2. The molecule has 3 heterocycles. The number of hydrogen-bond acceptors (Lipinski definition) is 6. The Hall–Kier alpha value is -3.49. The molecule has 4 aromatic rings. The van der Waals surface area contributed by atoms with Gasteiger partial charge in [-0.25, -0.2) is 9.78 Å². The summed E-state index contributed by atoms with van der Waals surface area (Å²) in [6.45, 7) is 0. The first-order chi connectivity index (χ1) is 14.5. The number of ether oxygens (including phenoxy) is 1. The number of rotatable bonds is 6. The Morgan fingerprint density at radius 1 is 1.10 bits per heavy atom. The highest BCUT2D eigenvalue weighted by Crippen LogP contribution is 2.34. The van der Waals surface area contributed by atoms with Crippen molar-refractivity contribution < 1.29 is 19.4 Å². The maximum absolute atomic E-state index is 12.2. The summed E-state index contributed by atoms with van der Waals surface area (Å²) in [5.41, 5.74) is 1.37. The van der Waals surface area contributed by atoms with E-state index in [1.165, 1.54) is 12.3 Å². The van der Waals surface area contributed by atoms with E-state index >= 15 is 0 Å². The van der Waals surface area contributed by atoms with Gasteiger partial charge in [-0.2, -0.15) is 0 Å². The number of carboxylic acids is 1. The number of thiophene rings is 1. The zero-order valence-corrected chi connectivity index (χ0v) is 16.9. The molecule has 0 bridgehead atoms. The first-order valence-corrected chi connectivity index (χ1v) is 9.97. The Kier molecular flexibility index (Phi) is 5.60. The van der Waals surface area contributed by atoms with Crippen LogP contribution in [0, 0.1) is 0 Å². The van der Waals surface area contributed by atoms with Crippen molar-refractivity contribution in [2.24, 2.45) is 0 Å². The van der Waals surface area contributed by atoms with Crippen LogP contribution in [0.2, 0.25) is 5.02 Å². The third-order valence-corrected chi connectivity index (χ3v) is 5.45. The molecule has 1 amide bonds. The van der Waals surface area contributed by atoms with Gasteiger partial charge < -0.3 is 15.2 Å². The lowest BCUT2D eigenvalue weighted by Gasteiger charge is -2.08. The minimum atomic E-state index is -1.000. The Bertz CT molecular complexity index is 1220. The van der Waals surface area contributed by atoms with Crippen molar-refractivity contribution in [1.82, 2.24) is 9.97 Å². The second-order valence-electron chi connectivity index (χ2n) is 6.27. The number of nitrogens with one attached hydrogen (secondary N) is 1. The second kappa shape index (κ2) is 8.48. The predicted molar refractivity (Wildman–Crippen MR) is 115 cm³/mol. The number of halogens is 1. The Morgan fingerprint density at radius 3 is 2.60 bits per heavy atom. The van der Waals surface area contributed by atoms with E-state index in [4.69, 9.17) is 16.3 Å². The molecular weight excluding hydrogens is 426 g/mol. The number of benzene rings is 1. The summed E-state index contributed by atoms with van der Waals surface area (Å²) in [5, 5.41) is 12.4. The van der Waals surface area contributed by atoms with Crippen LogP contribution < -0.4 is 10.1 Å². The third kappa shape index (κ3) is 4.56. The smallest absolute Gasteiger partial charge is 0.345 e. The molecule has 2 N–H and O–H groups in total. The largest absolute Gasteiger partial charge is 0.477 e. The summed E-state index contributed by atoms with van der Waals surface area (Å²) in [6.07, 6.45) is 3.21. The van der Waals surface area contributed by atoms with E-state index in [-0.39, 0.29) is 17.2 Å². The van der Waals surface area contributed by atoms with Crippen LogP contribution in [0.3, 0.4) is 0 Å². The molecule has 30 heavy (non-hydrogen) atoms. The highest BCUT2D eigenvalue weighted by molar-refractivity contribution is 7.21. The van der Waals surface area contributed by atoms with Crippen LogP contribution in [-0.2, 0) is 11.2 Å². The van der Waals surface area contributed by atoms with Crippen molar-refractivity contribution in [3.05, 3.63) is 76.4 Å². The molecule has 0 aliphatic heterocycles. The molecule has 0 saturated carbocycles. The lowest BCUT2D eigenvalue weighted by Crippen LogP contribution is -2.15. The summed E-state index contributed by atoms with van der Waals surface area (Å²) in [4.78, 5) is 31.8. The van der Waals surface area contributed by atoms with Crippen molar-refractivity contribution in [1.29, 1.82) is 0 Å². The van der Waals surface area contributed by atoms with Crippen molar-refractivity contribution in [2.45, 2.75) is 6.42 Å². The first-order valence-electron chi connectivity index (χ1n) is 8.78. The molecule has 0 radical (unpaired) electrons. The van der Waals surface area contributed by atoms with Crippen LogP contribution >= 0.6 is 22.9 Å². The normalized spacial score (nSPS) is 10.7. The number of carboxylic acid groups (broad SMARTS) is 1. The molecule has 7 nitrogen and oxygen atoms in total. The summed E-state index contributed by atoms with van der Waals surface area (Å²) in [7, 11) is 0.